The first kappa shape index (κ1) is 12.8. The predicted octanol–water partition coefficient (Wildman–Crippen LogP) is 4.25. The molecule has 0 bridgehead atoms. The van der Waals surface area contributed by atoms with Gasteiger partial charge in [0, 0.05) is 0 Å². The fraction of sp³-hybridized carbons (Fsp3) is 0.200. The lowest BCUT2D eigenvalue weighted by Crippen LogP contribution is -2.23. The van der Waals surface area contributed by atoms with E-state index in [0.29, 0.717) is 12.3 Å². The zero-order chi connectivity index (χ0) is 14.2. The minimum atomic E-state index is -4.31. The second kappa shape index (κ2) is 4.74. The normalized spacial score (nSPS) is 17.9. The van der Waals surface area contributed by atoms with E-state index >= 15 is 0 Å². The van der Waals surface area contributed by atoms with Crippen LogP contribution in [0.15, 0.2) is 48.5 Å². The molecule has 2 aromatic rings. The lowest BCUT2D eigenvalue weighted by atomic mass is 10.1. The highest BCUT2D eigenvalue weighted by Gasteiger charge is 2.30. The van der Waals surface area contributed by atoms with Crippen molar-refractivity contribution < 1.29 is 17.9 Å². The van der Waals surface area contributed by atoms with E-state index in [2.05, 4.69) is 5.32 Å². The minimum absolute atomic E-state index is 0.285. The fourth-order valence-electron chi connectivity index (χ4n) is 2.19. The van der Waals surface area contributed by atoms with Gasteiger partial charge in [0.15, 0.2) is 0 Å². The van der Waals surface area contributed by atoms with Gasteiger partial charge in [0.05, 0.1) is 17.8 Å². The molecule has 0 amide bonds. The molecule has 2 nitrogen and oxygen atoms in total. The summed E-state index contributed by atoms with van der Waals surface area (Å²) in [5.74, 6) is 0.712. The van der Waals surface area contributed by atoms with E-state index < -0.39 is 11.7 Å². The Hall–Kier alpha value is -2.17. The Morgan fingerprint density at radius 2 is 1.70 bits per heavy atom. The maximum absolute atomic E-state index is 12.5. The van der Waals surface area contributed by atoms with Crippen LogP contribution in [0.3, 0.4) is 0 Å². The quantitative estimate of drug-likeness (QED) is 0.842. The van der Waals surface area contributed by atoms with Crippen LogP contribution in [0.4, 0.5) is 18.9 Å². The van der Waals surface area contributed by atoms with Gasteiger partial charge in [-0.05, 0) is 29.8 Å². The summed E-state index contributed by atoms with van der Waals surface area (Å²) in [6, 6.07) is 12.6. The van der Waals surface area contributed by atoms with E-state index in [1.165, 1.54) is 12.1 Å². The Labute approximate surface area is 114 Å². The number of anilines is 1. The molecular weight excluding hydrogens is 267 g/mol. The standard InChI is InChI=1S/C15H12F3NO/c16-15(17,18)11-7-5-10(6-8-11)14-9-19-12-3-1-2-4-13(12)20-14/h1-8,14,19H,9H2. The van der Waals surface area contributed by atoms with Gasteiger partial charge in [-0.25, -0.2) is 0 Å². The average molecular weight is 279 g/mol. The molecule has 20 heavy (non-hydrogen) atoms. The van der Waals surface area contributed by atoms with Crippen LogP contribution in [0.2, 0.25) is 0 Å². The summed E-state index contributed by atoms with van der Waals surface area (Å²) in [6.45, 7) is 0.530. The number of alkyl halides is 3. The molecule has 0 aliphatic carbocycles. The highest BCUT2D eigenvalue weighted by molar-refractivity contribution is 5.58. The summed E-state index contributed by atoms with van der Waals surface area (Å²) in [5, 5.41) is 3.21. The van der Waals surface area contributed by atoms with E-state index in [1.54, 1.807) is 0 Å². The Kier molecular flexibility index (Phi) is 3.04. The van der Waals surface area contributed by atoms with Crippen LogP contribution in [0, 0.1) is 0 Å². The SMILES string of the molecule is FC(F)(F)c1ccc(C2CNc3ccccc3O2)cc1. The smallest absolute Gasteiger partial charge is 0.416 e. The summed E-state index contributed by atoms with van der Waals surface area (Å²) in [4.78, 5) is 0. The summed E-state index contributed by atoms with van der Waals surface area (Å²) in [5.41, 5.74) is 0.973. The third-order valence-corrected chi connectivity index (χ3v) is 3.24. The van der Waals surface area contributed by atoms with Gasteiger partial charge < -0.3 is 10.1 Å². The van der Waals surface area contributed by atoms with Crippen molar-refractivity contribution in [3.8, 4) is 5.75 Å². The van der Waals surface area contributed by atoms with Gasteiger partial charge in [0.25, 0.3) is 0 Å². The van der Waals surface area contributed by atoms with E-state index in [4.69, 9.17) is 4.74 Å². The molecule has 3 rings (SSSR count). The molecule has 1 unspecified atom stereocenters. The molecule has 0 spiro atoms. The first-order valence-electron chi connectivity index (χ1n) is 6.21. The number of hydrogen-bond acceptors (Lipinski definition) is 2. The van der Waals surface area contributed by atoms with Gasteiger partial charge in [-0.15, -0.1) is 0 Å². The van der Waals surface area contributed by atoms with Crippen molar-refractivity contribution in [2.45, 2.75) is 12.3 Å². The predicted molar refractivity (Wildman–Crippen MR) is 69.7 cm³/mol. The largest absolute Gasteiger partial charge is 0.482 e. The number of halogens is 3. The number of benzene rings is 2. The van der Waals surface area contributed by atoms with Crippen LogP contribution in [0.25, 0.3) is 0 Å². The molecule has 0 fully saturated rings. The summed E-state index contributed by atoms with van der Waals surface area (Å²) < 4.78 is 43.3. The second-order valence-corrected chi connectivity index (χ2v) is 4.60. The van der Waals surface area contributed by atoms with Gasteiger partial charge in [-0.1, -0.05) is 24.3 Å². The number of rotatable bonds is 1. The Balaban J connectivity index is 1.81. The molecule has 104 valence electrons. The van der Waals surface area contributed by atoms with Crippen molar-refractivity contribution in [1.29, 1.82) is 0 Å². The van der Waals surface area contributed by atoms with E-state index in [0.717, 1.165) is 23.4 Å². The minimum Gasteiger partial charge on any atom is -0.482 e. The zero-order valence-corrected chi connectivity index (χ0v) is 10.4. The van der Waals surface area contributed by atoms with Gasteiger partial charge in [-0.3, -0.25) is 0 Å². The van der Waals surface area contributed by atoms with E-state index in [1.807, 2.05) is 24.3 Å². The van der Waals surface area contributed by atoms with Crippen molar-refractivity contribution >= 4 is 5.69 Å². The van der Waals surface area contributed by atoms with Crippen molar-refractivity contribution in [2.24, 2.45) is 0 Å². The topological polar surface area (TPSA) is 21.3 Å². The number of para-hydroxylation sites is 2. The van der Waals surface area contributed by atoms with Crippen LogP contribution in [0.1, 0.15) is 17.2 Å². The monoisotopic (exact) mass is 279 g/mol. The number of ether oxygens (including phenoxy) is 1. The molecule has 0 saturated carbocycles. The third-order valence-electron chi connectivity index (χ3n) is 3.24. The first-order chi connectivity index (χ1) is 9.54. The molecule has 1 aliphatic rings. The zero-order valence-electron chi connectivity index (χ0n) is 10.4. The Morgan fingerprint density at radius 1 is 1.00 bits per heavy atom. The van der Waals surface area contributed by atoms with Gasteiger partial charge in [-0.2, -0.15) is 13.2 Å². The van der Waals surface area contributed by atoms with Gasteiger partial charge in [0.1, 0.15) is 11.9 Å². The van der Waals surface area contributed by atoms with Crippen LogP contribution < -0.4 is 10.1 Å². The first-order valence-corrected chi connectivity index (χ1v) is 6.21. The number of fused-ring (bicyclic) bond motifs is 1. The van der Waals surface area contributed by atoms with Gasteiger partial charge >= 0.3 is 6.18 Å². The number of hydrogen-bond donors (Lipinski definition) is 1. The van der Waals surface area contributed by atoms with Crippen LogP contribution >= 0.6 is 0 Å². The number of nitrogens with one attached hydrogen (secondary N) is 1. The summed E-state index contributed by atoms with van der Waals surface area (Å²) >= 11 is 0. The molecule has 5 heteroatoms. The lowest BCUT2D eigenvalue weighted by Gasteiger charge is -2.27. The van der Waals surface area contributed by atoms with E-state index in [-0.39, 0.29) is 6.10 Å². The van der Waals surface area contributed by atoms with Crippen molar-refractivity contribution in [2.75, 3.05) is 11.9 Å². The fourth-order valence-corrected chi connectivity index (χ4v) is 2.19. The molecule has 1 atom stereocenters. The van der Waals surface area contributed by atoms with Crippen molar-refractivity contribution in [1.82, 2.24) is 0 Å². The molecular formula is C15H12F3NO. The molecule has 0 saturated heterocycles. The average Bonchev–Trinajstić information content (AvgIpc) is 2.46. The summed E-state index contributed by atoms with van der Waals surface area (Å²) in [6.07, 6.45) is -4.59. The Bertz CT molecular complexity index is 607. The highest BCUT2D eigenvalue weighted by atomic mass is 19.4. The maximum atomic E-state index is 12.5. The van der Waals surface area contributed by atoms with Crippen LogP contribution in [0.5, 0.6) is 5.75 Å². The molecule has 0 aromatic heterocycles. The second-order valence-electron chi connectivity index (χ2n) is 4.60. The summed E-state index contributed by atoms with van der Waals surface area (Å²) in [7, 11) is 0. The van der Waals surface area contributed by atoms with Crippen LogP contribution in [-0.2, 0) is 6.18 Å². The van der Waals surface area contributed by atoms with E-state index in [9.17, 15) is 13.2 Å². The maximum Gasteiger partial charge on any atom is 0.416 e. The molecule has 1 N–H and O–H groups in total. The molecule has 1 heterocycles. The molecule has 2 aromatic carbocycles. The van der Waals surface area contributed by atoms with Crippen molar-refractivity contribution in [3.63, 3.8) is 0 Å². The van der Waals surface area contributed by atoms with Crippen LogP contribution in [-0.4, -0.2) is 6.54 Å². The molecule has 0 radical (unpaired) electrons. The lowest BCUT2D eigenvalue weighted by molar-refractivity contribution is -0.137. The Morgan fingerprint density at radius 3 is 2.40 bits per heavy atom. The molecule has 1 aliphatic heterocycles. The third kappa shape index (κ3) is 2.43. The van der Waals surface area contributed by atoms with Crippen molar-refractivity contribution in [3.05, 3.63) is 59.7 Å². The van der Waals surface area contributed by atoms with Gasteiger partial charge in [0.2, 0.25) is 0 Å². The highest BCUT2D eigenvalue weighted by Crippen LogP contribution is 2.35.